The van der Waals surface area contributed by atoms with Gasteiger partial charge in [0, 0.05) is 0 Å². The van der Waals surface area contributed by atoms with Gasteiger partial charge in [0.15, 0.2) is 6.61 Å². The summed E-state index contributed by atoms with van der Waals surface area (Å²) in [7, 11) is 0. The number of hydrogen-bond acceptors (Lipinski definition) is 4. The molecule has 0 radical (unpaired) electrons. The van der Waals surface area contributed by atoms with Gasteiger partial charge in [-0.1, -0.05) is 17.7 Å². The minimum atomic E-state index is -1.38. The van der Waals surface area contributed by atoms with Crippen LogP contribution < -0.4 is 15.8 Å². The number of carbonyl (C=O) groups is 2. The Hall–Kier alpha value is -2.08. The van der Waals surface area contributed by atoms with Crippen LogP contribution in [0.2, 0.25) is 0 Å². The number of rotatable bonds is 6. The Labute approximate surface area is 105 Å². The predicted molar refractivity (Wildman–Crippen MR) is 64.9 cm³/mol. The molecule has 0 aromatic heterocycles. The lowest BCUT2D eigenvalue weighted by Crippen LogP contribution is -2.41. The van der Waals surface area contributed by atoms with Crippen molar-refractivity contribution in [3.8, 4) is 5.75 Å². The number of aryl methyl sites for hydroxylation is 1. The molecule has 98 valence electrons. The van der Waals surface area contributed by atoms with Gasteiger partial charge in [-0.15, -0.1) is 0 Å². The zero-order chi connectivity index (χ0) is 13.5. The van der Waals surface area contributed by atoms with Crippen molar-refractivity contribution in [2.75, 3.05) is 13.2 Å². The zero-order valence-corrected chi connectivity index (χ0v) is 10.1. The quantitative estimate of drug-likeness (QED) is 0.625. The first-order valence-electron chi connectivity index (χ1n) is 5.42. The zero-order valence-electron chi connectivity index (χ0n) is 10.1. The van der Waals surface area contributed by atoms with E-state index < -0.39 is 17.9 Å². The molecule has 0 bridgehead atoms. The summed E-state index contributed by atoms with van der Waals surface area (Å²) in [5.41, 5.74) is 5.92. The highest BCUT2D eigenvalue weighted by molar-refractivity contribution is 5.81. The van der Waals surface area contributed by atoms with E-state index in [2.05, 4.69) is 5.32 Å². The first kappa shape index (κ1) is 14.0. The number of amides is 2. The molecule has 0 aliphatic rings. The molecule has 0 spiro atoms. The van der Waals surface area contributed by atoms with E-state index in [0.29, 0.717) is 5.75 Å². The van der Waals surface area contributed by atoms with E-state index in [0.717, 1.165) is 5.56 Å². The van der Waals surface area contributed by atoms with Crippen LogP contribution in [-0.4, -0.2) is 36.2 Å². The van der Waals surface area contributed by atoms with Crippen LogP contribution in [0.4, 0.5) is 0 Å². The Morgan fingerprint density at radius 2 is 2.00 bits per heavy atom. The van der Waals surface area contributed by atoms with Crippen LogP contribution in [-0.2, 0) is 9.59 Å². The van der Waals surface area contributed by atoms with E-state index in [1.807, 2.05) is 19.1 Å². The van der Waals surface area contributed by atoms with E-state index in [4.69, 9.17) is 15.6 Å². The highest BCUT2D eigenvalue weighted by Crippen LogP contribution is 2.10. The molecule has 1 aromatic carbocycles. The molecule has 18 heavy (non-hydrogen) atoms. The van der Waals surface area contributed by atoms with Gasteiger partial charge >= 0.3 is 0 Å². The molecule has 1 atom stereocenters. The Bertz CT molecular complexity index is 417. The number of benzene rings is 1. The van der Waals surface area contributed by atoms with Crippen molar-refractivity contribution < 1.29 is 19.4 Å². The number of ether oxygens (including phenoxy) is 1. The lowest BCUT2D eigenvalue weighted by molar-refractivity contribution is -0.127. The van der Waals surface area contributed by atoms with Gasteiger partial charge in [-0.2, -0.15) is 0 Å². The van der Waals surface area contributed by atoms with Gasteiger partial charge in [0.25, 0.3) is 5.91 Å². The molecule has 0 saturated heterocycles. The molecule has 0 aliphatic carbocycles. The Balaban J connectivity index is 2.29. The van der Waals surface area contributed by atoms with E-state index >= 15 is 0 Å². The molecule has 1 rings (SSSR count). The largest absolute Gasteiger partial charge is 0.484 e. The van der Waals surface area contributed by atoms with Crippen molar-refractivity contribution in [2.24, 2.45) is 5.73 Å². The van der Waals surface area contributed by atoms with Gasteiger partial charge < -0.3 is 20.9 Å². The van der Waals surface area contributed by atoms with Crippen LogP contribution in [0.1, 0.15) is 5.56 Å². The second-order valence-corrected chi connectivity index (χ2v) is 3.82. The summed E-state index contributed by atoms with van der Waals surface area (Å²) < 4.78 is 5.21. The van der Waals surface area contributed by atoms with Crippen LogP contribution in [0.25, 0.3) is 0 Å². The summed E-state index contributed by atoms with van der Waals surface area (Å²) in [6, 6.07) is 7.23. The van der Waals surface area contributed by atoms with Crippen LogP contribution in [0, 0.1) is 6.92 Å². The molecule has 4 N–H and O–H groups in total. The van der Waals surface area contributed by atoms with Crippen LogP contribution >= 0.6 is 0 Å². The molecule has 0 heterocycles. The van der Waals surface area contributed by atoms with E-state index in [1.165, 1.54) is 0 Å². The lowest BCUT2D eigenvalue weighted by Gasteiger charge is -2.09. The van der Waals surface area contributed by atoms with Gasteiger partial charge in [0.05, 0.1) is 6.54 Å². The summed E-state index contributed by atoms with van der Waals surface area (Å²) in [5.74, 6) is -0.739. The average molecular weight is 252 g/mol. The van der Waals surface area contributed by atoms with Crippen molar-refractivity contribution in [2.45, 2.75) is 13.0 Å². The molecule has 6 heteroatoms. The molecule has 2 amide bonds. The molecular formula is C12H16N2O4. The SMILES string of the molecule is Cc1ccc(OCC(=O)NCC(O)C(N)=O)cc1. The molecule has 0 fully saturated rings. The monoisotopic (exact) mass is 252 g/mol. The second-order valence-electron chi connectivity index (χ2n) is 3.82. The molecule has 0 saturated carbocycles. The van der Waals surface area contributed by atoms with Crippen LogP contribution in [0.3, 0.4) is 0 Å². The standard InChI is InChI=1S/C12H16N2O4/c1-8-2-4-9(5-3-8)18-7-11(16)14-6-10(15)12(13)17/h2-5,10,15H,6-7H2,1H3,(H2,13,17)(H,14,16). The van der Waals surface area contributed by atoms with Crippen molar-refractivity contribution in [1.29, 1.82) is 0 Å². The fraction of sp³-hybridized carbons (Fsp3) is 0.333. The van der Waals surface area contributed by atoms with Gasteiger partial charge in [-0.25, -0.2) is 0 Å². The number of nitrogens with two attached hydrogens (primary N) is 1. The fourth-order valence-electron chi connectivity index (χ4n) is 1.15. The topological polar surface area (TPSA) is 102 Å². The molecule has 6 nitrogen and oxygen atoms in total. The second kappa shape index (κ2) is 6.61. The maximum Gasteiger partial charge on any atom is 0.258 e. The van der Waals surface area contributed by atoms with Gasteiger partial charge in [0.1, 0.15) is 11.9 Å². The average Bonchev–Trinajstić information content (AvgIpc) is 2.35. The van der Waals surface area contributed by atoms with Crippen molar-refractivity contribution in [3.05, 3.63) is 29.8 Å². The molecular weight excluding hydrogens is 236 g/mol. The third-order valence-corrected chi connectivity index (χ3v) is 2.21. The Morgan fingerprint density at radius 3 is 2.56 bits per heavy atom. The van der Waals surface area contributed by atoms with Gasteiger partial charge in [-0.05, 0) is 19.1 Å². The highest BCUT2D eigenvalue weighted by Gasteiger charge is 2.12. The molecule has 1 unspecified atom stereocenters. The maximum atomic E-state index is 11.3. The summed E-state index contributed by atoms with van der Waals surface area (Å²) in [6.45, 7) is 1.54. The first-order valence-corrected chi connectivity index (χ1v) is 5.42. The van der Waals surface area contributed by atoms with Crippen molar-refractivity contribution in [3.63, 3.8) is 0 Å². The third-order valence-electron chi connectivity index (χ3n) is 2.21. The fourth-order valence-corrected chi connectivity index (χ4v) is 1.15. The summed E-state index contributed by atoms with van der Waals surface area (Å²) in [4.78, 5) is 21.8. The molecule has 0 aliphatic heterocycles. The minimum Gasteiger partial charge on any atom is -0.484 e. The van der Waals surface area contributed by atoms with Crippen molar-refractivity contribution in [1.82, 2.24) is 5.32 Å². The number of hydrogen-bond donors (Lipinski definition) is 3. The van der Waals surface area contributed by atoms with Crippen LogP contribution in [0.15, 0.2) is 24.3 Å². The van der Waals surface area contributed by atoms with E-state index in [-0.39, 0.29) is 13.2 Å². The summed E-state index contributed by atoms with van der Waals surface area (Å²) >= 11 is 0. The lowest BCUT2D eigenvalue weighted by atomic mass is 10.2. The Kier molecular flexibility index (Phi) is 5.13. The van der Waals surface area contributed by atoms with Crippen LogP contribution in [0.5, 0.6) is 5.75 Å². The van der Waals surface area contributed by atoms with E-state index in [1.54, 1.807) is 12.1 Å². The number of nitrogens with one attached hydrogen (secondary N) is 1. The van der Waals surface area contributed by atoms with E-state index in [9.17, 15) is 9.59 Å². The smallest absolute Gasteiger partial charge is 0.258 e. The summed E-state index contributed by atoms with van der Waals surface area (Å²) in [5, 5.41) is 11.4. The van der Waals surface area contributed by atoms with Gasteiger partial charge in [-0.3, -0.25) is 9.59 Å². The number of aliphatic hydroxyl groups is 1. The normalized spacial score (nSPS) is 11.7. The predicted octanol–water partition coefficient (Wildman–Crippen LogP) is -0.664. The summed E-state index contributed by atoms with van der Waals surface area (Å²) in [6.07, 6.45) is -1.38. The first-order chi connectivity index (χ1) is 8.49. The number of carbonyl (C=O) groups excluding carboxylic acids is 2. The minimum absolute atomic E-state index is 0.186. The highest BCUT2D eigenvalue weighted by atomic mass is 16.5. The van der Waals surface area contributed by atoms with Crippen molar-refractivity contribution >= 4 is 11.8 Å². The Morgan fingerprint density at radius 1 is 1.39 bits per heavy atom. The maximum absolute atomic E-state index is 11.3. The number of aliphatic hydroxyl groups excluding tert-OH is 1. The van der Waals surface area contributed by atoms with Gasteiger partial charge in [0.2, 0.25) is 5.91 Å². The molecule has 1 aromatic rings. The third kappa shape index (κ3) is 4.84. The number of primary amides is 1.